The molecule has 4 nitrogen and oxygen atoms in total. The minimum Gasteiger partial charge on any atom is -0.481 e. The number of thiophene rings is 1. The lowest BCUT2D eigenvalue weighted by atomic mass is 10.2. The summed E-state index contributed by atoms with van der Waals surface area (Å²) in [5, 5.41) is 13.2. The minimum atomic E-state index is -0.938. The van der Waals surface area contributed by atoms with Gasteiger partial charge in [0.1, 0.15) is 0 Å². The highest BCUT2D eigenvalue weighted by Gasteiger charge is 2.13. The maximum absolute atomic E-state index is 11.5. The average molecular weight is 248 g/mol. The fourth-order valence-corrected chi connectivity index (χ4v) is 2.02. The number of rotatable bonds is 4. The van der Waals surface area contributed by atoms with Crippen LogP contribution in [-0.4, -0.2) is 23.0 Å². The molecule has 1 aromatic rings. The summed E-state index contributed by atoms with van der Waals surface area (Å²) < 4.78 is 0. The molecule has 1 aromatic heterocycles. The van der Waals surface area contributed by atoms with Crippen LogP contribution in [0.1, 0.15) is 23.0 Å². The molecule has 15 heavy (non-hydrogen) atoms. The Morgan fingerprint density at radius 2 is 2.33 bits per heavy atom. The fourth-order valence-electron chi connectivity index (χ4n) is 1.04. The van der Waals surface area contributed by atoms with E-state index in [1.165, 1.54) is 11.3 Å². The maximum atomic E-state index is 11.5. The molecule has 0 fully saturated rings. The van der Waals surface area contributed by atoms with E-state index in [-0.39, 0.29) is 12.3 Å². The normalized spacial score (nSPS) is 12.1. The van der Waals surface area contributed by atoms with Crippen molar-refractivity contribution in [3.8, 4) is 0 Å². The second-order valence-electron chi connectivity index (χ2n) is 3.10. The molecule has 0 saturated carbocycles. The molecule has 1 unspecified atom stereocenters. The van der Waals surface area contributed by atoms with Gasteiger partial charge in [-0.3, -0.25) is 9.59 Å². The van der Waals surface area contributed by atoms with Crippen molar-refractivity contribution in [2.24, 2.45) is 0 Å². The number of aliphatic carboxylic acids is 1. The van der Waals surface area contributed by atoms with Gasteiger partial charge >= 0.3 is 5.97 Å². The van der Waals surface area contributed by atoms with Gasteiger partial charge in [-0.05, 0) is 13.0 Å². The summed E-state index contributed by atoms with van der Waals surface area (Å²) >= 11 is 6.89. The van der Waals surface area contributed by atoms with E-state index >= 15 is 0 Å². The summed E-state index contributed by atoms with van der Waals surface area (Å²) in [6.07, 6.45) is -0.0924. The molecular weight excluding hydrogens is 238 g/mol. The number of carboxylic acids is 1. The third-order valence-corrected chi connectivity index (χ3v) is 2.93. The van der Waals surface area contributed by atoms with Crippen LogP contribution in [-0.2, 0) is 4.79 Å². The highest BCUT2D eigenvalue weighted by Crippen LogP contribution is 2.18. The molecule has 0 aliphatic carbocycles. The Labute approximate surface area is 95.9 Å². The van der Waals surface area contributed by atoms with Crippen molar-refractivity contribution in [1.29, 1.82) is 0 Å². The van der Waals surface area contributed by atoms with E-state index in [0.717, 1.165) is 0 Å². The molecule has 1 atom stereocenters. The van der Waals surface area contributed by atoms with Crippen molar-refractivity contribution in [2.45, 2.75) is 19.4 Å². The van der Waals surface area contributed by atoms with E-state index in [9.17, 15) is 9.59 Å². The molecule has 82 valence electrons. The number of carbonyl (C=O) groups excluding carboxylic acids is 1. The molecule has 0 bridgehead atoms. The van der Waals surface area contributed by atoms with Gasteiger partial charge in [-0.1, -0.05) is 11.6 Å². The summed E-state index contributed by atoms with van der Waals surface area (Å²) in [5.74, 6) is -1.23. The lowest BCUT2D eigenvalue weighted by molar-refractivity contribution is -0.137. The Bertz CT molecular complexity index is 377. The Balaban J connectivity index is 2.52. The zero-order valence-electron chi connectivity index (χ0n) is 7.99. The van der Waals surface area contributed by atoms with E-state index in [2.05, 4.69) is 5.32 Å². The van der Waals surface area contributed by atoms with E-state index in [0.29, 0.717) is 9.90 Å². The summed E-state index contributed by atoms with van der Waals surface area (Å²) in [6.45, 7) is 1.64. The molecule has 0 aliphatic heterocycles. The van der Waals surface area contributed by atoms with Crippen LogP contribution in [0.2, 0.25) is 5.02 Å². The molecule has 6 heteroatoms. The number of carboxylic acid groups (broad SMARTS) is 1. The Kier molecular flexibility index (Phi) is 4.11. The molecule has 2 N–H and O–H groups in total. The van der Waals surface area contributed by atoms with Gasteiger partial charge in [-0.25, -0.2) is 0 Å². The minimum absolute atomic E-state index is 0.0924. The predicted molar refractivity (Wildman–Crippen MR) is 58.5 cm³/mol. The largest absolute Gasteiger partial charge is 0.481 e. The Morgan fingerprint density at radius 1 is 1.67 bits per heavy atom. The Morgan fingerprint density at radius 3 is 2.80 bits per heavy atom. The van der Waals surface area contributed by atoms with E-state index in [4.69, 9.17) is 16.7 Å². The van der Waals surface area contributed by atoms with Gasteiger partial charge in [-0.2, -0.15) is 0 Å². The highest BCUT2D eigenvalue weighted by molar-refractivity contribution is 7.12. The first-order chi connectivity index (χ1) is 6.99. The van der Waals surface area contributed by atoms with Gasteiger partial charge in [0, 0.05) is 11.4 Å². The van der Waals surface area contributed by atoms with Crippen LogP contribution in [0.5, 0.6) is 0 Å². The number of carbonyl (C=O) groups is 2. The van der Waals surface area contributed by atoms with Crippen LogP contribution >= 0.6 is 22.9 Å². The summed E-state index contributed by atoms with van der Waals surface area (Å²) in [4.78, 5) is 22.3. The number of amides is 1. The molecule has 0 radical (unpaired) electrons. The number of hydrogen-bond donors (Lipinski definition) is 2. The van der Waals surface area contributed by atoms with Crippen molar-refractivity contribution >= 4 is 34.8 Å². The smallest absolute Gasteiger partial charge is 0.305 e. The maximum Gasteiger partial charge on any atom is 0.305 e. The fraction of sp³-hybridized carbons (Fsp3) is 0.333. The summed E-state index contributed by atoms with van der Waals surface area (Å²) in [5.41, 5.74) is 0. The molecule has 0 saturated heterocycles. The third kappa shape index (κ3) is 3.89. The molecular formula is C9H10ClNO3S. The van der Waals surface area contributed by atoms with Crippen molar-refractivity contribution < 1.29 is 14.7 Å². The molecule has 0 spiro atoms. The topological polar surface area (TPSA) is 66.4 Å². The first-order valence-corrected chi connectivity index (χ1v) is 5.51. The average Bonchev–Trinajstić information content (AvgIpc) is 2.49. The second-order valence-corrected chi connectivity index (χ2v) is 4.45. The molecule has 0 aromatic carbocycles. The Hall–Kier alpha value is -1.07. The van der Waals surface area contributed by atoms with Crippen molar-refractivity contribution in [1.82, 2.24) is 5.32 Å². The van der Waals surface area contributed by atoms with E-state index in [1.54, 1.807) is 18.4 Å². The van der Waals surface area contributed by atoms with Crippen molar-refractivity contribution in [3.05, 3.63) is 21.3 Å². The molecule has 1 rings (SSSR count). The lowest BCUT2D eigenvalue weighted by Gasteiger charge is -2.09. The van der Waals surface area contributed by atoms with Gasteiger partial charge in [0.05, 0.1) is 16.3 Å². The van der Waals surface area contributed by atoms with Crippen LogP contribution < -0.4 is 5.32 Å². The monoisotopic (exact) mass is 247 g/mol. The van der Waals surface area contributed by atoms with Crippen LogP contribution in [0.25, 0.3) is 0 Å². The summed E-state index contributed by atoms with van der Waals surface area (Å²) in [6, 6.07) is 1.16. The lowest BCUT2D eigenvalue weighted by Crippen LogP contribution is -2.33. The predicted octanol–water partition coefficient (Wildman–Crippen LogP) is 1.99. The van der Waals surface area contributed by atoms with E-state index in [1.807, 2.05) is 0 Å². The van der Waals surface area contributed by atoms with Gasteiger partial charge in [0.2, 0.25) is 0 Å². The van der Waals surface area contributed by atoms with Crippen LogP contribution in [0, 0.1) is 0 Å². The van der Waals surface area contributed by atoms with E-state index < -0.39 is 12.0 Å². The molecule has 1 heterocycles. The SMILES string of the molecule is CC(CC(=O)O)NC(=O)c1cc(Cl)cs1. The quantitative estimate of drug-likeness (QED) is 0.855. The first-order valence-electron chi connectivity index (χ1n) is 4.25. The third-order valence-electron chi connectivity index (χ3n) is 1.65. The van der Waals surface area contributed by atoms with Gasteiger partial charge in [0.25, 0.3) is 5.91 Å². The zero-order chi connectivity index (χ0) is 11.4. The van der Waals surface area contributed by atoms with Gasteiger partial charge < -0.3 is 10.4 Å². The number of hydrogen-bond acceptors (Lipinski definition) is 3. The van der Waals surface area contributed by atoms with Crippen molar-refractivity contribution in [3.63, 3.8) is 0 Å². The number of halogens is 1. The van der Waals surface area contributed by atoms with Crippen LogP contribution in [0.15, 0.2) is 11.4 Å². The number of nitrogens with one attached hydrogen (secondary N) is 1. The van der Waals surface area contributed by atoms with Crippen molar-refractivity contribution in [2.75, 3.05) is 0 Å². The second kappa shape index (κ2) is 5.14. The molecule has 0 aliphatic rings. The zero-order valence-corrected chi connectivity index (χ0v) is 9.56. The molecule has 1 amide bonds. The summed E-state index contributed by atoms with van der Waals surface area (Å²) in [7, 11) is 0. The highest BCUT2D eigenvalue weighted by atomic mass is 35.5. The van der Waals surface area contributed by atoms with Crippen LogP contribution in [0.3, 0.4) is 0 Å². The van der Waals surface area contributed by atoms with Crippen LogP contribution in [0.4, 0.5) is 0 Å². The van der Waals surface area contributed by atoms with Gasteiger partial charge in [-0.15, -0.1) is 11.3 Å². The standard InChI is InChI=1S/C9H10ClNO3S/c1-5(2-8(12)13)11-9(14)7-3-6(10)4-15-7/h3-5H,2H2,1H3,(H,11,14)(H,12,13). The van der Waals surface area contributed by atoms with Gasteiger partial charge in [0.15, 0.2) is 0 Å². The first kappa shape index (κ1) is 12.0.